The summed E-state index contributed by atoms with van der Waals surface area (Å²) in [5, 5.41) is 1.40. The molecule has 0 saturated carbocycles. The largest absolute Gasteiger partial charge is 0.240 e. The third-order valence-corrected chi connectivity index (χ3v) is 4.65. The molecule has 0 aliphatic carbocycles. The minimum atomic E-state index is 0.541. The molecule has 1 aliphatic heterocycles. The van der Waals surface area contributed by atoms with Gasteiger partial charge in [-0.3, -0.25) is 0 Å². The topological polar surface area (TPSA) is 25.8 Å². The van der Waals surface area contributed by atoms with Gasteiger partial charge < -0.3 is 0 Å². The molecule has 0 N–H and O–H groups in total. The van der Waals surface area contributed by atoms with Gasteiger partial charge in [-0.2, -0.15) is 11.8 Å². The number of halogens is 1. The zero-order valence-electron chi connectivity index (χ0n) is 8.87. The van der Waals surface area contributed by atoms with Crippen molar-refractivity contribution in [2.24, 2.45) is 0 Å². The quantitative estimate of drug-likeness (QED) is 0.796. The van der Waals surface area contributed by atoms with Gasteiger partial charge in [0.1, 0.15) is 5.82 Å². The molecule has 0 spiro atoms. The molecule has 1 aliphatic rings. The Kier molecular flexibility index (Phi) is 4.03. The summed E-state index contributed by atoms with van der Waals surface area (Å²) in [5.74, 6) is 2.30. The van der Waals surface area contributed by atoms with E-state index < -0.39 is 0 Å². The van der Waals surface area contributed by atoms with E-state index in [1.807, 2.05) is 18.0 Å². The maximum Gasteiger partial charge on any atom is 0.141 e. The lowest BCUT2D eigenvalue weighted by Crippen LogP contribution is -2.04. The van der Waals surface area contributed by atoms with Crippen LogP contribution in [0.25, 0.3) is 0 Å². The van der Waals surface area contributed by atoms with Crippen molar-refractivity contribution in [3.63, 3.8) is 0 Å². The Balaban J connectivity index is 2.25. The molecule has 0 radical (unpaired) electrons. The monoisotopic (exact) mass is 286 g/mol. The number of thioether (sulfide) groups is 1. The molecule has 1 fully saturated rings. The van der Waals surface area contributed by atoms with Crippen LogP contribution in [-0.4, -0.2) is 15.7 Å². The number of hydrogen-bond donors (Lipinski definition) is 0. The van der Waals surface area contributed by atoms with Crippen molar-refractivity contribution in [3.05, 3.63) is 23.3 Å². The lowest BCUT2D eigenvalue weighted by atomic mass is 10.2. The van der Waals surface area contributed by atoms with Crippen molar-refractivity contribution in [2.75, 3.05) is 5.75 Å². The van der Waals surface area contributed by atoms with E-state index in [1.54, 1.807) is 0 Å². The van der Waals surface area contributed by atoms with Gasteiger partial charge in [0.25, 0.3) is 0 Å². The Hall–Kier alpha value is -0.0900. The van der Waals surface area contributed by atoms with Crippen LogP contribution in [0.4, 0.5) is 0 Å². The third kappa shape index (κ3) is 2.53. The Bertz CT molecular complexity index is 337. The van der Waals surface area contributed by atoms with Gasteiger partial charge in [-0.05, 0) is 25.0 Å². The standard InChI is InChI=1S/C11H15BrN2S/c1-2-9-8(6-12)7-13-11(14-9)10-4-3-5-15-10/h7,10H,2-6H2,1H3. The van der Waals surface area contributed by atoms with E-state index in [1.165, 1.54) is 29.9 Å². The van der Waals surface area contributed by atoms with Gasteiger partial charge in [0, 0.05) is 22.8 Å². The summed E-state index contributed by atoms with van der Waals surface area (Å²) in [4.78, 5) is 9.16. The molecule has 0 amide bonds. The SMILES string of the molecule is CCc1nc(C2CCCS2)ncc1CBr. The van der Waals surface area contributed by atoms with Crippen LogP contribution < -0.4 is 0 Å². The maximum atomic E-state index is 4.68. The first-order chi connectivity index (χ1) is 7.35. The van der Waals surface area contributed by atoms with E-state index in [9.17, 15) is 0 Å². The number of rotatable bonds is 3. The molecule has 1 unspecified atom stereocenters. The molecule has 1 aromatic rings. The van der Waals surface area contributed by atoms with Crippen LogP contribution in [0.3, 0.4) is 0 Å². The van der Waals surface area contributed by atoms with Gasteiger partial charge in [-0.15, -0.1) is 0 Å². The summed E-state index contributed by atoms with van der Waals surface area (Å²) in [5.41, 5.74) is 2.42. The average molecular weight is 287 g/mol. The van der Waals surface area contributed by atoms with E-state index in [-0.39, 0.29) is 0 Å². The van der Waals surface area contributed by atoms with Crippen LogP contribution in [0.1, 0.15) is 42.1 Å². The molecule has 82 valence electrons. The molecule has 15 heavy (non-hydrogen) atoms. The second kappa shape index (κ2) is 5.30. The fourth-order valence-electron chi connectivity index (χ4n) is 1.81. The van der Waals surface area contributed by atoms with Gasteiger partial charge >= 0.3 is 0 Å². The molecule has 2 heterocycles. The van der Waals surface area contributed by atoms with Crippen molar-refractivity contribution >= 4 is 27.7 Å². The van der Waals surface area contributed by atoms with Crippen molar-refractivity contribution in [2.45, 2.75) is 36.8 Å². The van der Waals surface area contributed by atoms with Crippen molar-refractivity contribution in [3.8, 4) is 0 Å². The second-order valence-electron chi connectivity index (χ2n) is 3.69. The van der Waals surface area contributed by atoms with Crippen molar-refractivity contribution in [1.29, 1.82) is 0 Å². The minimum Gasteiger partial charge on any atom is -0.240 e. The molecule has 1 aromatic heterocycles. The first-order valence-electron chi connectivity index (χ1n) is 5.37. The van der Waals surface area contributed by atoms with Crippen molar-refractivity contribution in [1.82, 2.24) is 9.97 Å². The summed E-state index contributed by atoms with van der Waals surface area (Å²) < 4.78 is 0. The number of alkyl halides is 1. The predicted octanol–water partition coefficient (Wildman–Crippen LogP) is 3.50. The number of aryl methyl sites for hydroxylation is 1. The Morgan fingerprint density at radius 3 is 3.07 bits per heavy atom. The first-order valence-corrected chi connectivity index (χ1v) is 7.54. The molecule has 0 aromatic carbocycles. The zero-order chi connectivity index (χ0) is 10.7. The van der Waals surface area contributed by atoms with Crippen LogP contribution in [0, 0.1) is 0 Å². The van der Waals surface area contributed by atoms with Gasteiger partial charge in [0.15, 0.2) is 0 Å². The van der Waals surface area contributed by atoms with Crippen LogP contribution >= 0.6 is 27.7 Å². The molecular formula is C11H15BrN2S. The van der Waals surface area contributed by atoms with E-state index in [0.717, 1.165) is 17.6 Å². The molecular weight excluding hydrogens is 272 g/mol. The molecule has 4 heteroatoms. The average Bonchev–Trinajstić information content (AvgIpc) is 2.81. The third-order valence-electron chi connectivity index (χ3n) is 2.67. The maximum absolute atomic E-state index is 4.68. The Morgan fingerprint density at radius 1 is 1.60 bits per heavy atom. The summed E-state index contributed by atoms with van der Waals surface area (Å²) in [6.45, 7) is 2.15. The summed E-state index contributed by atoms with van der Waals surface area (Å²) in [7, 11) is 0. The number of aromatic nitrogens is 2. The van der Waals surface area contributed by atoms with Gasteiger partial charge in [0.2, 0.25) is 0 Å². The zero-order valence-corrected chi connectivity index (χ0v) is 11.3. The summed E-state index contributed by atoms with van der Waals surface area (Å²) in [6.07, 6.45) is 5.52. The normalized spacial score (nSPS) is 20.8. The fourth-order valence-corrected chi connectivity index (χ4v) is 3.49. The van der Waals surface area contributed by atoms with Crippen LogP contribution in [-0.2, 0) is 11.8 Å². The fraction of sp³-hybridized carbons (Fsp3) is 0.636. The summed E-state index contributed by atoms with van der Waals surface area (Å²) >= 11 is 5.46. The number of hydrogen-bond acceptors (Lipinski definition) is 3. The lowest BCUT2D eigenvalue weighted by molar-refractivity contribution is 0.761. The highest BCUT2D eigenvalue weighted by atomic mass is 79.9. The molecule has 2 rings (SSSR count). The minimum absolute atomic E-state index is 0.541. The smallest absolute Gasteiger partial charge is 0.141 e. The highest BCUT2D eigenvalue weighted by Crippen LogP contribution is 2.38. The van der Waals surface area contributed by atoms with E-state index in [0.29, 0.717) is 5.25 Å². The highest BCUT2D eigenvalue weighted by Gasteiger charge is 2.20. The predicted molar refractivity (Wildman–Crippen MR) is 68.5 cm³/mol. The van der Waals surface area contributed by atoms with Crippen LogP contribution in [0.15, 0.2) is 6.20 Å². The van der Waals surface area contributed by atoms with Crippen molar-refractivity contribution < 1.29 is 0 Å². The second-order valence-corrected chi connectivity index (χ2v) is 5.56. The lowest BCUT2D eigenvalue weighted by Gasteiger charge is -2.10. The van der Waals surface area contributed by atoms with Crippen LogP contribution in [0.5, 0.6) is 0 Å². The molecule has 2 nitrogen and oxygen atoms in total. The van der Waals surface area contributed by atoms with E-state index in [4.69, 9.17) is 0 Å². The molecule has 0 bridgehead atoms. The highest BCUT2D eigenvalue weighted by molar-refractivity contribution is 9.08. The Labute approximate surface area is 103 Å². The molecule has 1 saturated heterocycles. The number of nitrogens with zero attached hydrogens (tertiary/aromatic N) is 2. The van der Waals surface area contributed by atoms with Gasteiger partial charge in [-0.25, -0.2) is 9.97 Å². The first kappa shape index (κ1) is 11.4. The van der Waals surface area contributed by atoms with Gasteiger partial charge in [-0.1, -0.05) is 22.9 Å². The van der Waals surface area contributed by atoms with E-state index >= 15 is 0 Å². The van der Waals surface area contributed by atoms with Crippen LogP contribution in [0.2, 0.25) is 0 Å². The molecule has 1 atom stereocenters. The summed E-state index contributed by atoms with van der Waals surface area (Å²) in [6, 6.07) is 0. The van der Waals surface area contributed by atoms with E-state index in [2.05, 4.69) is 32.8 Å². The van der Waals surface area contributed by atoms with Gasteiger partial charge in [0.05, 0.1) is 5.25 Å². The Morgan fingerprint density at radius 2 is 2.47 bits per heavy atom.